The van der Waals surface area contributed by atoms with E-state index in [2.05, 4.69) is 61.5 Å². The van der Waals surface area contributed by atoms with Gasteiger partial charge in [0, 0.05) is 43.8 Å². The molecule has 0 spiro atoms. The molecule has 3 rings (SSSR count). The largest absolute Gasteiger partial charge is 0.506 e. The van der Waals surface area contributed by atoms with Gasteiger partial charge in [0.2, 0.25) is 5.78 Å². The molecule has 0 atom stereocenters. The Kier molecular flexibility index (Phi) is 8.71. The van der Waals surface area contributed by atoms with Gasteiger partial charge in [-0.15, -0.1) is 0 Å². The zero-order valence-electron chi connectivity index (χ0n) is 21.9. The number of aryl methyl sites for hydroxylation is 1. The average Bonchev–Trinajstić information content (AvgIpc) is 2.81. The Morgan fingerprint density at radius 1 is 0.882 bits per heavy atom. The van der Waals surface area contributed by atoms with E-state index in [1.807, 2.05) is 26.0 Å². The fourth-order valence-corrected chi connectivity index (χ4v) is 4.97. The van der Waals surface area contributed by atoms with Crippen molar-refractivity contribution in [2.75, 3.05) is 31.1 Å². The van der Waals surface area contributed by atoms with Gasteiger partial charge in [0.25, 0.3) is 0 Å². The third-order valence-electron chi connectivity index (χ3n) is 6.59. The summed E-state index contributed by atoms with van der Waals surface area (Å²) >= 11 is 0. The summed E-state index contributed by atoms with van der Waals surface area (Å²) in [6, 6.07) is 6.21. The number of benzene rings is 1. The summed E-state index contributed by atoms with van der Waals surface area (Å²) in [5.41, 5.74) is 6.93. The van der Waals surface area contributed by atoms with Crippen molar-refractivity contribution < 1.29 is 14.5 Å². The Morgan fingerprint density at radius 2 is 1.53 bits per heavy atom. The second kappa shape index (κ2) is 11.5. The predicted molar refractivity (Wildman–Crippen MR) is 144 cm³/mol. The van der Waals surface area contributed by atoms with Crippen molar-refractivity contribution in [1.29, 1.82) is 0 Å². The first-order valence-corrected chi connectivity index (χ1v) is 12.9. The molecule has 4 heteroatoms. The van der Waals surface area contributed by atoms with Crippen LogP contribution in [0.1, 0.15) is 71.4 Å². The number of nitrogens with zero attached hydrogens (tertiary/aromatic N) is 2. The lowest BCUT2D eigenvalue weighted by atomic mass is 9.77. The molecule has 0 saturated heterocycles. The van der Waals surface area contributed by atoms with Gasteiger partial charge in [-0.3, -0.25) is 4.79 Å². The van der Waals surface area contributed by atoms with E-state index in [0.717, 1.165) is 74.1 Å². The molecule has 0 fully saturated rings. The normalized spacial score (nSPS) is 17.8. The molecular formula is C30H41N2O2+. The maximum atomic E-state index is 13.2. The Bertz CT molecular complexity index is 1080. The maximum absolute atomic E-state index is 13.2. The van der Waals surface area contributed by atoms with Crippen molar-refractivity contribution in [2.45, 2.75) is 67.2 Å². The van der Waals surface area contributed by atoms with Gasteiger partial charge < -0.3 is 10.0 Å². The number of allylic oxidation sites excluding steroid dienone is 7. The molecule has 0 heterocycles. The van der Waals surface area contributed by atoms with E-state index in [4.69, 9.17) is 0 Å². The van der Waals surface area contributed by atoms with Crippen molar-refractivity contribution in [3.63, 3.8) is 0 Å². The standard InChI is InChI=1S/C30H40N2O2/c1-7-15-31(16-8-2)23-11-13-25(21(5)19-23)27-29(33)28(30(27)34)26-14-12-24(20-22(26)6)32(17-9-3)18-10-4/h11-14,19-20H,7-10,15-18H2,1-6H3/p+1. The van der Waals surface area contributed by atoms with Crippen LogP contribution in [0.3, 0.4) is 0 Å². The van der Waals surface area contributed by atoms with Crippen LogP contribution in [0.15, 0.2) is 58.9 Å². The summed E-state index contributed by atoms with van der Waals surface area (Å²) in [4.78, 5) is 15.6. The topological polar surface area (TPSA) is 43.5 Å². The lowest BCUT2D eigenvalue weighted by Crippen LogP contribution is -2.26. The van der Waals surface area contributed by atoms with E-state index in [-0.39, 0.29) is 11.5 Å². The first-order chi connectivity index (χ1) is 16.4. The van der Waals surface area contributed by atoms with Crippen LogP contribution in [0, 0.1) is 6.92 Å². The van der Waals surface area contributed by atoms with Gasteiger partial charge in [0.1, 0.15) is 18.8 Å². The highest BCUT2D eigenvalue weighted by molar-refractivity contribution is 6.39. The van der Waals surface area contributed by atoms with Gasteiger partial charge in [-0.05, 0) is 67.2 Å². The van der Waals surface area contributed by atoms with E-state index in [0.29, 0.717) is 11.1 Å². The van der Waals surface area contributed by atoms with Crippen molar-refractivity contribution in [3.8, 4) is 0 Å². The first kappa shape index (κ1) is 25.7. The third kappa shape index (κ3) is 5.11. The highest BCUT2D eigenvalue weighted by atomic mass is 16.3. The number of Topliss-reactive ketones (excluding diaryl/α,β-unsaturated/α-hetero) is 1. The summed E-state index contributed by atoms with van der Waals surface area (Å²) in [6.07, 6.45) is 10.6. The summed E-state index contributed by atoms with van der Waals surface area (Å²) in [5.74, 6) is 0.0526. The number of hydrogen-bond donors (Lipinski definition) is 1. The SMILES string of the molecule is CCCN(CCC)c1ccc(C2=C(O)C(=C3C=CC(=[N+](CCC)CCC)C=C3C)C2=O)c(C)c1. The van der Waals surface area contributed by atoms with Crippen molar-refractivity contribution >= 4 is 22.8 Å². The molecule has 0 aliphatic heterocycles. The number of carbonyl (C=O) groups excluding carboxylic acids is 1. The molecule has 2 aliphatic carbocycles. The summed E-state index contributed by atoms with van der Waals surface area (Å²) in [5, 5.41) is 11.0. The van der Waals surface area contributed by atoms with Gasteiger partial charge in [-0.2, -0.15) is 0 Å². The first-order valence-electron chi connectivity index (χ1n) is 12.9. The molecule has 0 saturated carbocycles. The van der Waals surface area contributed by atoms with E-state index in [1.54, 1.807) is 0 Å². The van der Waals surface area contributed by atoms with Crippen LogP contribution < -0.4 is 4.90 Å². The minimum atomic E-state index is -0.0675. The minimum Gasteiger partial charge on any atom is -0.506 e. The van der Waals surface area contributed by atoms with Gasteiger partial charge in [0.05, 0.1) is 11.1 Å². The Morgan fingerprint density at radius 3 is 2.03 bits per heavy atom. The van der Waals surface area contributed by atoms with Crippen molar-refractivity contribution in [2.24, 2.45) is 0 Å². The van der Waals surface area contributed by atoms with Crippen LogP contribution >= 0.6 is 0 Å². The minimum absolute atomic E-state index is 0.0675. The lowest BCUT2D eigenvalue weighted by molar-refractivity contribution is -0.526. The summed E-state index contributed by atoms with van der Waals surface area (Å²) in [7, 11) is 0. The van der Waals surface area contributed by atoms with Crippen LogP contribution in [-0.4, -0.2) is 47.4 Å². The predicted octanol–water partition coefficient (Wildman–Crippen LogP) is 6.56. The number of ketones is 1. The van der Waals surface area contributed by atoms with E-state index < -0.39 is 0 Å². The molecule has 0 aromatic heterocycles. The van der Waals surface area contributed by atoms with Gasteiger partial charge in [-0.1, -0.05) is 33.8 Å². The van der Waals surface area contributed by atoms with E-state index in [1.165, 1.54) is 11.4 Å². The smallest absolute Gasteiger partial charge is 0.201 e. The lowest BCUT2D eigenvalue weighted by Gasteiger charge is -2.28. The molecule has 0 bridgehead atoms. The van der Waals surface area contributed by atoms with Gasteiger partial charge in [0.15, 0.2) is 5.71 Å². The second-order valence-electron chi connectivity index (χ2n) is 9.40. The average molecular weight is 462 g/mol. The van der Waals surface area contributed by atoms with Crippen LogP contribution in [0.25, 0.3) is 5.57 Å². The zero-order chi connectivity index (χ0) is 24.8. The van der Waals surface area contributed by atoms with Crippen molar-refractivity contribution in [1.82, 2.24) is 0 Å². The molecule has 182 valence electrons. The molecular weight excluding hydrogens is 420 g/mol. The highest BCUT2D eigenvalue weighted by Crippen LogP contribution is 2.41. The molecule has 2 aliphatic rings. The molecule has 4 nitrogen and oxygen atoms in total. The van der Waals surface area contributed by atoms with E-state index >= 15 is 0 Å². The molecule has 0 unspecified atom stereocenters. The monoisotopic (exact) mass is 461 g/mol. The molecule has 34 heavy (non-hydrogen) atoms. The summed E-state index contributed by atoms with van der Waals surface area (Å²) < 4.78 is 2.39. The fourth-order valence-electron chi connectivity index (χ4n) is 4.97. The highest BCUT2D eigenvalue weighted by Gasteiger charge is 2.38. The number of aliphatic hydroxyl groups excluding tert-OH is 1. The molecule has 1 aromatic rings. The second-order valence-corrected chi connectivity index (χ2v) is 9.40. The molecule has 1 N–H and O–H groups in total. The Balaban J connectivity index is 1.95. The number of anilines is 1. The number of aliphatic hydroxyl groups is 1. The van der Waals surface area contributed by atoms with Crippen LogP contribution in [0.4, 0.5) is 5.69 Å². The molecule has 0 radical (unpaired) electrons. The van der Waals surface area contributed by atoms with Gasteiger partial charge in [-0.25, -0.2) is 4.58 Å². The molecule has 0 amide bonds. The Labute approximate surface area is 205 Å². The van der Waals surface area contributed by atoms with Crippen molar-refractivity contribution in [3.05, 3.63) is 70.0 Å². The van der Waals surface area contributed by atoms with E-state index in [9.17, 15) is 9.90 Å². The molecule has 1 aromatic carbocycles. The zero-order valence-corrected chi connectivity index (χ0v) is 21.9. The van der Waals surface area contributed by atoms with Gasteiger partial charge >= 0.3 is 0 Å². The Hall–Kier alpha value is -2.88. The summed E-state index contributed by atoms with van der Waals surface area (Å²) in [6.45, 7) is 16.9. The number of carbonyl (C=O) groups is 1. The quantitative estimate of drug-likeness (QED) is 0.317. The van der Waals surface area contributed by atoms with Crippen LogP contribution in [0.2, 0.25) is 0 Å². The fraction of sp³-hybridized carbons (Fsp3) is 0.467. The number of hydrogen-bond acceptors (Lipinski definition) is 3. The maximum Gasteiger partial charge on any atom is 0.201 e. The van der Waals surface area contributed by atoms with Crippen LogP contribution in [-0.2, 0) is 4.79 Å². The van der Waals surface area contributed by atoms with Crippen LogP contribution in [0.5, 0.6) is 0 Å². The number of rotatable bonds is 10. The third-order valence-corrected chi connectivity index (χ3v) is 6.59.